The Kier molecular flexibility index (Phi) is 1.54. The molecule has 0 aromatic carbocycles. The molecule has 2 rings (SSSR count). The van der Waals surface area contributed by atoms with Gasteiger partial charge in [-0.2, -0.15) is 0 Å². The first-order valence-electron chi connectivity index (χ1n) is 4.30. The molecule has 0 radical (unpaired) electrons. The number of hydrogen-bond acceptors (Lipinski definition) is 3. The summed E-state index contributed by atoms with van der Waals surface area (Å²) in [6.07, 6.45) is 0.796. The lowest BCUT2D eigenvalue weighted by molar-refractivity contribution is 0.0365. The molecule has 0 aliphatic carbocycles. The number of nitrogens with zero attached hydrogens (tertiary/aromatic N) is 1. The van der Waals surface area contributed by atoms with E-state index in [4.69, 9.17) is 4.74 Å². The van der Waals surface area contributed by atoms with E-state index in [1.54, 1.807) is 4.90 Å². The first-order valence-corrected chi connectivity index (χ1v) is 4.30. The maximum atomic E-state index is 11.2. The maximum absolute atomic E-state index is 11.2. The Bertz CT molecular complexity index is 219. The number of hydrogen-bond donors (Lipinski definition) is 1. The van der Waals surface area contributed by atoms with Gasteiger partial charge in [0.2, 0.25) is 0 Å². The second kappa shape index (κ2) is 2.36. The van der Waals surface area contributed by atoms with Gasteiger partial charge in [0.15, 0.2) is 0 Å². The molecule has 4 nitrogen and oxygen atoms in total. The van der Waals surface area contributed by atoms with Crippen LogP contribution in [0.15, 0.2) is 0 Å². The molecule has 2 saturated heterocycles. The first-order chi connectivity index (χ1) is 5.63. The van der Waals surface area contributed by atoms with Gasteiger partial charge in [-0.25, -0.2) is 4.79 Å². The van der Waals surface area contributed by atoms with Gasteiger partial charge in [0, 0.05) is 13.6 Å². The van der Waals surface area contributed by atoms with Crippen molar-refractivity contribution in [2.24, 2.45) is 0 Å². The normalized spacial score (nSPS) is 41.0. The quantitative estimate of drug-likeness (QED) is 0.564. The monoisotopic (exact) mass is 170 g/mol. The van der Waals surface area contributed by atoms with Gasteiger partial charge in [-0.1, -0.05) is 0 Å². The predicted octanol–water partition coefficient (Wildman–Crippen LogP) is 0.189. The summed E-state index contributed by atoms with van der Waals surface area (Å²) in [6.45, 7) is 3.74. The Balaban J connectivity index is 2.24. The zero-order chi connectivity index (χ0) is 8.77. The summed E-state index contributed by atoms with van der Waals surface area (Å²) < 4.78 is 5.29. The van der Waals surface area contributed by atoms with Crippen molar-refractivity contribution in [2.75, 3.05) is 20.1 Å². The molecule has 1 amide bonds. The molecule has 2 heterocycles. The lowest BCUT2D eigenvalue weighted by atomic mass is 9.90. The molecule has 4 heteroatoms. The molecule has 0 aromatic rings. The summed E-state index contributed by atoms with van der Waals surface area (Å²) in [5.41, 5.74) is -0.302. The summed E-state index contributed by atoms with van der Waals surface area (Å²) in [5.74, 6) is 0. The van der Waals surface area contributed by atoms with Crippen LogP contribution in [0, 0.1) is 0 Å². The number of likely N-dealkylation sites (N-methyl/N-ethyl adjacent to an activating group) is 1. The molecule has 2 atom stereocenters. The van der Waals surface area contributed by atoms with Crippen LogP contribution in [0.3, 0.4) is 0 Å². The number of fused-ring (bicyclic) bond motifs is 1. The number of rotatable bonds is 0. The van der Waals surface area contributed by atoms with Crippen LogP contribution in [0.2, 0.25) is 0 Å². The Morgan fingerprint density at radius 2 is 2.50 bits per heavy atom. The fourth-order valence-electron chi connectivity index (χ4n) is 2.10. The molecule has 2 fully saturated rings. The fraction of sp³-hybridized carbons (Fsp3) is 0.875. The maximum Gasteiger partial charge on any atom is 0.410 e. The van der Waals surface area contributed by atoms with E-state index in [1.165, 1.54) is 0 Å². The summed E-state index contributed by atoms with van der Waals surface area (Å²) in [4.78, 5) is 12.9. The van der Waals surface area contributed by atoms with Crippen LogP contribution in [0.5, 0.6) is 0 Å². The van der Waals surface area contributed by atoms with Crippen LogP contribution in [-0.4, -0.2) is 42.8 Å². The molecule has 1 N–H and O–H groups in total. The second-order valence-electron chi connectivity index (χ2n) is 3.77. The molecule has 0 bridgehead atoms. The topological polar surface area (TPSA) is 41.6 Å². The highest BCUT2D eigenvalue weighted by Crippen LogP contribution is 2.31. The molecule has 2 aliphatic heterocycles. The molecule has 68 valence electrons. The van der Waals surface area contributed by atoms with Gasteiger partial charge in [-0.3, -0.25) is 0 Å². The highest BCUT2D eigenvalue weighted by Gasteiger charge is 2.50. The van der Waals surface area contributed by atoms with Gasteiger partial charge in [0.1, 0.15) is 5.60 Å². The van der Waals surface area contributed by atoms with Crippen molar-refractivity contribution in [2.45, 2.75) is 25.0 Å². The minimum atomic E-state index is -0.302. The van der Waals surface area contributed by atoms with E-state index < -0.39 is 0 Å². The summed E-state index contributed by atoms with van der Waals surface area (Å²) in [7, 11) is 1.81. The second-order valence-corrected chi connectivity index (χ2v) is 3.77. The van der Waals surface area contributed by atoms with E-state index in [-0.39, 0.29) is 17.7 Å². The highest BCUT2D eigenvalue weighted by atomic mass is 16.6. The molecule has 12 heavy (non-hydrogen) atoms. The zero-order valence-electron chi connectivity index (χ0n) is 7.46. The number of amides is 1. The van der Waals surface area contributed by atoms with Crippen molar-refractivity contribution >= 4 is 6.09 Å². The van der Waals surface area contributed by atoms with E-state index in [2.05, 4.69) is 5.32 Å². The van der Waals surface area contributed by atoms with Crippen molar-refractivity contribution in [3.63, 3.8) is 0 Å². The van der Waals surface area contributed by atoms with Gasteiger partial charge in [-0.15, -0.1) is 0 Å². The summed E-state index contributed by atoms with van der Waals surface area (Å²) in [5, 5.41) is 3.23. The van der Waals surface area contributed by atoms with Gasteiger partial charge in [0.25, 0.3) is 0 Å². The molecule has 0 saturated carbocycles. The van der Waals surface area contributed by atoms with E-state index >= 15 is 0 Å². The van der Waals surface area contributed by atoms with Crippen molar-refractivity contribution in [1.82, 2.24) is 10.2 Å². The SMILES string of the molecule is CN1C(=O)OC2(C)CNCCC12. The highest BCUT2D eigenvalue weighted by molar-refractivity contribution is 5.71. The first kappa shape index (κ1) is 7.86. The van der Waals surface area contributed by atoms with Crippen LogP contribution in [0.4, 0.5) is 4.79 Å². The van der Waals surface area contributed by atoms with E-state index in [9.17, 15) is 4.79 Å². The lowest BCUT2D eigenvalue weighted by Gasteiger charge is -2.35. The van der Waals surface area contributed by atoms with E-state index in [1.807, 2.05) is 14.0 Å². The minimum absolute atomic E-state index is 0.189. The number of nitrogens with one attached hydrogen (secondary N) is 1. The van der Waals surface area contributed by atoms with Gasteiger partial charge >= 0.3 is 6.09 Å². The van der Waals surface area contributed by atoms with E-state index in [0.29, 0.717) is 0 Å². The molecular weight excluding hydrogens is 156 g/mol. The average molecular weight is 170 g/mol. The van der Waals surface area contributed by atoms with Crippen LogP contribution in [0.1, 0.15) is 13.3 Å². The number of carbonyl (C=O) groups excluding carboxylic acids is 1. The van der Waals surface area contributed by atoms with Crippen molar-refractivity contribution < 1.29 is 9.53 Å². The molecular formula is C8H14N2O2. The summed E-state index contributed by atoms with van der Waals surface area (Å²) >= 11 is 0. The third-order valence-corrected chi connectivity index (χ3v) is 2.85. The van der Waals surface area contributed by atoms with Crippen molar-refractivity contribution in [3.05, 3.63) is 0 Å². The Morgan fingerprint density at radius 3 is 3.17 bits per heavy atom. The minimum Gasteiger partial charge on any atom is -0.440 e. The van der Waals surface area contributed by atoms with Crippen LogP contribution in [0.25, 0.3) is 0 Å². The average Bonchev–Trinajstić information content (AvgIpc) is 2.24. The van der Waals surface area contributed by atoms with Crippen molar-refractivity contribution in [3.8, 4) is 0 Å². The molecule has 0 aromatic heterocycles. The van der Waals surface area contributed by atoms with Crippen LogP contribution >= 0.6 is 0 Å². The largest absolute Gasteiger partial charge is 0.440 e. The predicted molar refractivity (Wildman–Crippen MR) is 43.9 cm³/mol. The van der Waals surface area contributed by atoms with E-state index in [0.717, 1.165) is 19.5 Å². The molecule has 2 aliphatic rings. The molecule has 0 spiro atoms. The number of piperidine rings is 1. The number of ether oxygens (including phenoxy) is 1. The zero-order valence-corrected chi connectivity index (χ0v) is 7.46. The Morgan fingerprint density at radius 1 is 1.75 bits per heavy atom. The third kappa shape index (κ3) is 0.909. The van der Waals surface area contributed by atoms with Crippen LogP contribution in [-0.2, 0) is 4.74 Å². The standard InChI is InChI=1S/C8H14N2O2/c1-8-5-9-4-3-6(8)10(2)7(11)12-8/h6,9H,3-5H2,1-2H3. The lowest BCUT2D eigenvalue weighted by Crippen LogP contribution is -2.54. The Hall–Kier alpha value is -0.770. The van der Waals surface area contributed by atoms with Crippen LogP contribution < -0.4 is 5.32 Å². The molecule has 2 unspecified atom stereocenters. The third-order valence-electron chi connectivity index (χ3n) is 2.85. The van der Waals surface area contributed by atoms with Gasteiger partial charge in [-0.05, 0) is 19.9 Å². The Labute approximate surface area is 71.9 Å². The number of carbonyl (C=O) groups is 1. The fourth-order valence-corrected chi connectivity index (χ4v) is 2.10. The smallest absolute Gasteiger partial charge is 0.410 e. The summed E-state index contributed by atoms with van der Waals surface area (Å²) in [6, 6.07) is 0.256. The van der Waals surface area contributed by atoms with Crippen molar-refractivity contribution in [1.29, 1.82) is 0 Å². The van der Waals surface area contributed by atoms with Gasteiger partial charge < -0.3 is 15.0 Å². The van der Waals surface area contributed by atoms with Gasteiger partial charge in [0.05, 0.1) is 6.04 Å².